The van der Waals surface area contributed by atoms with Gasteiger partial charge in [0.25, 0.3) is 0 Å². The molecule has 230 valence electrons. The fraction of sp³-hybridized carbons (Fsp3) is 0.303. The maximum Gasteiger partial charge on any atom is 0.339 e. The molecular weight excluding hydrogens is 565 g/mol. The molecule has 0 saturated carbocycles. The minimum Gasteiger partial charge on any atom is -0.497 e. The lowest BCUT2D eigenvalue weighted by molar-refractivity contribution is 0.203. The van der Waals surface area contributed by atoms with Crippen LogP contribution in [-0.2, 0) is 0 Å². The van der Waals surface area contributed by atoms with E-state index >= 15 is 4.39 Å². The van der Waals surface area contributed by atoms with Crippen molar-refractivity contribution in [1.29, 1.82) is 0 Å². The predicted octanol–water partition coefficient (Wildman–Crippen LogP) is 6.59. The number of benzene rings is 3. The first-order chi connectivity index (χ1) is 21.5. The van der Waals surface area contributed by atoms with Crippen molar-refractivity contribution in [3.05, 3.63) is 78.2 Å². The first kappa shape index (κ1) is 30.6. The minimum atomic E-state index is -0.657. The summed E-state index contributed by atoms with van der Waals surface area (Å²) in [7, 11) is 3.16. The maximum absolute atomic E-state index is 15.0. The van der Waals surface area contributed by atoms with Gasteiger partial charge in [0.2, 0.25) is 0 Å². The second kappa shape index (κ2) is 15.0. The molecule has 1 fully saturated rings. The van der Waals surface area contributed by atoms with Crippen molar-refractivity contribution in [3.63, 3.8) is 0 Å². The van der Waals surface area contributed by atoms with Crippen LogP contribution in [0.4, 0.5) is 14.9 Å². The Morgan fingerprint density at radius 1 is 0.955 bits per heavy atom. The van der Waals surface area contributed by atoms with Crippen LogP contribution >= 0.6 is 0 Å². The molecule has 0 atom stereocenters. The van der Waals surface area contributed by atoms with Gasteiger partial charge in [-0.2, -0.15) is 5.10 Å². The lowest BCUT2D eigenvalue weighted by Crippen LogP contribution is -2.31. The number of carbonyl (C=O) groups excluding carboxylic acids is 1. The normalized spacial score (nSPS) is 13.5. The summed E-state index contributed by atoms with van der Waals surface area (Å²) in [6, 6.07) is 15.9. The maximum atomic E-state index is 15.0. The lowest BCUT2D eigenvalue weighted by Gasteiger charge is -2.26. The van der Waals surface area contributed by atoms with E-state index in [1.54, 1.807) is 62.9 Å². The highest BCUT2D eigenvalue weighted by Gasteiger charge is 2.15. The molecule has 0 unspecified atom stereocenters. The highest BCUT2D eigenvalue weighted by atomic mass is 19.1. The first-order valence-electron chi connectivity index (χ1n) is 14.6. The van der Waals surface area contributed by atoms with Crippen LogP contribution < -0.4 is 29.7 Å². The summed E-state index contributed by atoms with van der Waals surface area (Å²) in [4.78, 5) is 19.2. The third kappa shape index (κ3) is 8.13. The predicted molar refractivity (Wildman–Crippen MR) is 168 cm³/mol. The van der Waals surface area contributed by atoms with Crippen LogP contribution in [0.1, 0.15) is 31.2 Å². The third-order valence-electron chi connectivity index (χ3n) is 7.22. The minimum absolute atomic E-state index is 0.0157. The number of piperidine rings is 1. The van der Waals surface area contributed by atoms with E-state index in [0.717, 1.165) is 31.6 Å². The Balaban J connectivity index is 1.19. The van der Waals surface area contributed by atoms with Gasteiger partial charge in [0.15, 0.2) is 23.1 Å². The fourth-order valence-corrected chi connectivity index (χ4v) is 4.94. The molecule has 0 spiro atoms. The summed E-state index contributed by atoms with van der Waals surface area (Å²) < 4.78 is 37.7. The largest absolute Gasteiger partial charge is 0.497 e. The van der Waals surface area contributed by atoms with E-state index in [4.69, 9.17) is 18.9 Å². The lowest BCUT2D eigenvalue weighted by atomic mass is 10.1. The topological polar surface area (TPSA) is 107 Å². The van der Waals surface area contributed by atoms with Gasteiger partial charge in [-0.1, -0.05) is 6.42 Å². The highest BCUT2D eigenvalue weighted by molar-refractivity contribution is 5.91. The average Bonchev–Trinajstić information content (AvgIpc) is 3.05. The Morgan fingerprint density at radius 3 is 2.52 bits per heavy atom. The van der Waals surface area contributed by atoms with Gasteiger partial charge in [0.1, 0.15) is 11.5 Å². The van der Waals surface area contributed by atoms with E-state index in [0.29, 0.717) is 40.5 Å². The van der Waals surface area contributed by atoms with E-state index in [1.807, 2.05) is 0 Å². The van der Waals surface area contributed by atoms with Crippen LogP contribution in [0.3, 0.4) is 0 Å². The second-order valence-corrected chi connectivity index (χ2v) is 10.3. The second-order valence-electron chi connectivity index (χ2n) is 10.3. The quantitative estimate of drug-likeness (QED) is 0.107. The summed E-state index contributed by atoms with van der Waals surface area (Å²) in [5.74, 6) is 1.57. The molecule has 0 aliphatic carbocycles. The number of rotatable bonds is 12. The van der Waals surface area contributed by atoms with Crippen LogP contribution in [-0.4, -0.2) is 62.6 Å². The molecule has 0 bridgehead atoms. The van der Waals surface area contributed by atoms with Crippen LogP contribution in [0.15, 0.2) is 72.0 Å². The number of ether oxygens (including phenoxy) is 4. The number of carbonyl (C=O) groups is 1. The molecule has 44 heavy (non-hydrogen) atoms. The van der Waals surface area contributed by atoms with Gasteiger partial charge in [-0.3, -0.25) is 4.98 Å². The third-order valence-corrected chi connectivity index (χ3v) is 7.22. The van der Waals surface area contributed by atoms with Gasteiger partial charge in [-0.25, -0.2) is 14.6 Å². The standard InChI is InChI=1S/C33H36FN5O5/c1-41-25-10-7-23(8-11-25)22-36-38-33(40)37-24-9-12-30(27(34)19-24)44-29-13-14-35-28-21-32(31(42-2)20-26(28)29)43-18-6-17-39-15-4-3-5-16-39/h7-14,19-22H,3-6,15-18H2,1-2H3,(H2,37,38,40)/b36-22+. The van der Waals surface area contributed by atoms with Crippen molar-refractivity contribution in [2.24, 2.45) is 5.10 Å². The smallest absolute Gasteiger partial charge is 0.339 e. The number of anilines is 1. The average molecular weight is 602 g/mol. The Bertz CT molecular complexity index is 1590. The first-order valence-corrected chi connectivity index (χ1v) is 14.6. The zero-order valence-corrected chi connectivity index (χ0v) is 24.8. The van der Waals surface area contributed by atoms with Crippen molar-refractivity contribution in [2.45, 2.75) is 25.7 Å². The number of likely N-dealkylation sites (tertiary alicyclic amines) is 1. The number of methoxy groups -OCH3 is 2. The van der Waals surface area contributed by atoms with Crippen LogP contribution in [0.25, 0.3) is 10.9 Å². The number of nitrogens with one attached hydrogen (secondary N) is 2. The molecule has 2 amide bonds. The Morgan fingerprint density at radius 2 is 1.77 bits per heavy atom. The molecule has 11 heteroatoms. The molecule has 0 radical (unpaired) electrons. The van der Waals surface area contributed by atoms with Crippen molar-refractivity contribution < 1.29 is 28.1 Å². The van der Waals surface area contributed by atoms with E-state index in [2.05, 4.69) is 25.7 Å². The molecule has 1 saturated heterocycles. The van der Waals surface area contributed by atoms with Gasteiger partial charge in [0, 0.05) is 35.9 Å². The number of halogens is 1. The molecule has 3 aromatic carbocycles. The summed E-state index contributed by atoms with van der Waals surface area (Å²) in [6.45, 7) is 3.88. The molecule has 1 aliphatic rings. The van der Waals surface area contributed by atoms with Gasteiger partial charge in [-0.15, -0.1) is 0 Å². The molecule has 4 aromatic rings. The Hall–Kier alpha value is -4.90. The van der Waals surface area contributed by atoms with E-state index < -0.39 is 11.8 Å². The van der Waals surface area contributed by atoms with E-state index in [9.17, 15) is 4.79 Å². The summed E-state index contributed by atoms with van der Waals surface area (Å²) >= 11 is 0. The fourth-order valence-electron chi connectivity index (χ4n) is 4.94. The van der Waals surface area contributed by atoms with Gasteiger partial charge in [0.05, 0.1) is 32.6 Å². The number of hydrogen-bond acceptors (Lipinski definition) is 8. The summed E-state index contributed by atoms with van der Waals surface area (Å²) in [6.07, 6.45) is 7.84. The van der Waals surface area contributed by atoms with Crippen molar-refractivity contribution in [3.8, 4) is 28.7 Å². The molecule has 10 nitrogen and oxygen atoms in total. The zero-order valence-electron chi connectivity index (χ0n) is 24.8. The van der Waals surface area contributed by atoms with Crippen molar-refractivity contribution >= 4 is 28.8 Å². The number of urea groups is 1. The number of aromatic nitrogens is 1. The number of hydrazone groups is 1. The molecule has 2 heterocycles. The SMILES string of the molecule is COc1ccc(/C=N/NC(=O)Nc2ccc(Oc3ccnc4cc(OCCCN5CCCCC5)c(OC)cc34)c(F)c2)cc1. The van der Waals surface area contributed by atoms with Crippen molar-refractivity contribution in [1.82, 2.24) is 15.3 Å². The van der Waals surface area contributed by atoms with Gasteiger partial charge >= 0.3 is 6.03 Å². The molecular formula is C33H36FN5O5. The zero-order chi connectivity index (χ0) is 30.7. The molecule has 1 aliphatic heterocycles. The monoisotopic (exact) mass is 601 g/mol. The Labute approximate surface area is 255 Å². The van der Waals surface area contributed by atoms with E-state index in [1.165, 1.54) is 43.7 Å². The Kier molecular flexibility index (Phi) is 10.4. The number of hydrogen-bond donors (Lipinski definition) is 2. The van der Waals surface area contributed by atoms with E-state index in [-0.39, 0.29) is 11.4 Å². The number of nitrogens with zero attached hydrogens (tertiary/aromatic N) is 3. The van der Waals surface area contributed by atoms with Gasteiger partial charge < -0.3 is 29.2 Å². The van der Waals surface area contributed by atoms with Crippen LogP contribution in [0, 0.1) is 5.82 Å². The molecule has 2 N–H and O–H groups in total. The van der Waals surface area contributed by atoms with Gasteiger partial charge in [-0.05, 0) is 86.4 Å². The summed E-state index contributed by atoms with van der Waals surface area (Å²) in [5.41, 5.74) is 3.98. The number of amides is 2. The summed E-state index contributed by atoms with van der Waals surface area (Å²) in [5, 5.41) is 7.09. The molecule has 5 rings (SSSR count). The number of pyridine rings is 1. The van der Waals surface area contributed by atoms with Crippen LogP contribution in [0.5, 0.6) is 28.7 Å². The van der Waals surface area contributed by atoms with Crippen molar-refractivity contribution in [2.75, 3.05) is 45.8 Å². The van der Waals surface area contributed by atoms with Crippen LogP contribution in [0.2, 0.25) is 0 Å². The highest BCUT2D eigenvalue weighted by Crippen LogP contribution is 2.38. The molecule has 1 aromatic heterocycles. The number of fused-ring (bicyclic) bond motifs is 1.